The normalized spacial score (nSPS) is 9.00. The number of carbonyl (C=O) groups is 1. The summed E-state index contributed by atoms with van der Waals surface area (Å²) in [6.07, 6.45) is 0.813. The molecule has 1 aromatic heterocycles. The van der Waals surface area contributed by atoms with Gasteiger partial charge in [0.1, 0.15) is 0 Å². The highest BCUT2D eigenvalue weighted by molar-refractivity contribution is 7.15. The zero-order chi connectivity index (χ0) is 6.69. The van der Waals surface area contributed by atoms with Gasteiger partial charge in [-0.05, 0) is 12.1 Å². The van der Waals surface area contributed by atoms with Crippen LogP contribution < -0.4 is 4.74 Å². The highest BCUT2D eigenvalue weighted by Gasteiger charge is 1.95. The fourth-order valence-corrected chi connectivity index (χ4v) is 1.14. The van der Waals surface area contributed by atoms with Gasteiger partial charge < -0.3 is 4.74 Å². The summed E-state index contributed by atoms with van der Waals surface area (Å²) in [6, 6.07) is 3.50. The third-order valence-corrected chi connectivity index (χ3v) is 1.89. The first kappa shape index (κ1) is 6.29. The Labute approximate surface area is 57.1 Å². The molecule has 3 heteroatoms. The molecule has 0 N–H and O–H groups in total. The largest absolute Gasteiger partial charge is 0.487 e. The van der Waals surface area contributed by atoms with Gasteiger partial charge in [0.05, 0.1) is 12.0 Å². The van der Waals surface area contributed by atoms with Gasteiger partial charge in [0.2, 0.25) is 0 Å². The number of aldehydes is 1. The van der Waals surface area contributed by atoms with E-state index in [9.17, 15) is 4.79 Å². The molecule has 0 aliphatic carbocycles. The number of methoxy groups -OCH3 is 1. The van der Waals surface area contributed by atoms with E-state index in [0.29, 0.717) is 4.88 Å². The first-order valence-electron chi connectivity index (χ1n) is 2.46. The fraction of sp³-hybridized carbons (Fsp3) is 0.167. The fourth-order valence-electron chi connectivity index (χ4n) is 0.507. The maximum atomic E-state index is 10.1. The Bertz CT molecular complexity index is 205. The Kier molecular flexibility index (Phi) is 1.85. The number of rotatable bonds is 2. The first-order chi connectivity index (χ1) is 4.36. The third kappa shape index (κ3) is 1.29. The van der Waals surface area contributed by atoms with E-state index >= 15 is 0 Å². The average molecular weight is 142 g/mol. The molecular formula is C6H6O2S. The molecule has 0 bridgehead atoms. The second kappa shape index (κ2) is 2.64. The van der Waals surface area contributed by atoms with E-state index in [0.717, 1.165) is 11.3 Å². The molecule has 0 radical (unpaired) electrons. The van der Waals surface area contributed by atoms with Crippen molar-refractivity contribution in [2.75, 3.05) is 7.11 Å². The second-order valence-electron chi connectivity index (χ2n) is 1.48. The van der Waals surface area contributed by atoms with E-state index < -0.39 is 0 Å². The van der Waals surface area contributed by atoms with Crippen molar-refractivity contribution in [3.63, 3.8) is 0 Å². The molecule has 0 fully saturated rings. The van der Waals surface area contributed by atoms with Crippen molar-refractivity contribution >= 4 is 17.6 Å². The van der Waals surface area contributed by atoms with E-state index in [2.05, 4.69) is 0 Å². The maximum Gasteiger partial charge on any atom is 0.173 e. The Hall–Kier alpha value is -0.830. The minimum Gasteiger partial charge on any atom is -0.487 e. The monoisotopic (exact) mass is 142 g/mol. The molecule has 0 aromatic carbocycles. The summed E-state index contributed by atoms with van der Waals surface area (Å²) in [5, 5.41) is 0.775. The summed E-state index contributed by atoms with van der Waals surface area (Å²) in [7, 11) is 1.58. The zero-order valence-electron chi connectivity index (χ0n) is 4.96. The second-order valence-corrected chi connectivity index (χ2v) is 2.56. The molecule has 0 saturated heterocycles. The molecule has 0 saturated carbocycles. The molecule has 0 unspecified atom stereocenters. The van der Waals surface area contributed by atoms with Crippen LogP contribution in [0.4, 0.5) is 0 Å². The van der Waals surface area contributed by atoms with Crippen LogP contribution in [0.2, 0.25) is 0 Å². The number of carbonyl (C=O) groups excluding carboxylic acids is 1. The van der Waals surface area contributed by atoms with Gasteiger partial charge in [0, 0.05) is 0 Å². The molecule has 2 nitrogen and oxygen atoms in total. The van der Waals surface area contributed by atoms with Crippen LogP contribution in [-0.2, 0) is 0 Å². The summed E-state index contributed by atoms with van der Waals surface area (Å²) in [5.41, 5.74) is 0. The van der Waals surface area contributed by atoms with Crippen LogP contribution in [-0.4, -0.2) is 13.4 Å². The SMILES string of the molecule is COc1ccc(C=O)s1. The van der Waals surface area contributed by atoms with Gasteiger partial charge in [0.15, 0.2) is 11.3 Å². The Balaban J connectivity index is 2.86. The van der Waals surface area contributed by atoms with Crippen molar-refractivity contribution in [1.29, 1.82) is 0 Å². The van der Waals surface area contributed by atoms with Gasteiger partial charge in [-0.15, -0.1) is 0 Å². The van der Waals surface area contributed by atoms with E-state index in [1.165, 1.54) is 11.3 Å². The van der Waals surface area contributed by atoms with Crippen LogP contribution in [0.3, 0.4) is 0 Å². The van der Waals surface area contributed by atoms with Crippen molar-refractivity contribution in [3.05, 3.63) is 17.0 Å². The highest BCUT2D eigenvalue weighted by Crippen LogP contribution is 2.21. The first-order valence-corrected chi connectivity index (χ1v) is 3.27. The van der Waals surface area contributed by atoms with Gasteiger partial charge in [-0.3, -0.25) is 4.79 Å². The minimum absolute atomic E-state index is 0.701. The Morgan fingerprint density at radius 2 is 2.44 bits per heavy atom. The Morgan fingerprint density at radius 3 is 2.78 bits per heavy atom. The van der Waals surface area contributed by atoms with Gasteiger partial charge in [-0.1, -0.05) is 11.3 Å². The van der Waals surface area contributed by atoms with Gasteiger partial charge >= 0.3 is 0 Å². The molecule has 9 heavy (non-hydrogen) atoms. The number of thiophene rings is 1. The lowest BCUT2D eigenvalue weighted by molar-refractivity contribution is 0.112. The van der Waals surface area contributed by atoms with E-state index in [4.69, 9.17) is 4.74 Å². The lowest BCUT2D eigenvalue weighted by Gasteiger charge is -1.87. The van der Waals surface area contributed by atoms with Crippen LogP contribution in [0.5, 0.6) is 5.06 Å². The van der Waals surface area contributed by atoms with Crippen LogP contribution >= 0.6 is 11.3 Å². The Morgan fingerprint density at radius 1 is 1.67 bits per heavy atom. The minimum atomic E-state index is 0.701. The molecule has 0 spiro atoms. The average Bonchev–Trinajstić information content (AvgIpc) is 2.34. The van der Waals surface area contributed by atoms with E-state index in [1.807, 2.05) is 0 Å². The predicted octanol–water partition coefficient (Wildman–Crippen LogP) is 1.57. The summed E-state index contributed by atoms with van der Waals surface area (Å²) < 4.78 is 4.86. The molecule has 0 amide bonds. The third-order valence-electron chi connectivity index (χ3n) is 0.919. The van der Waals surface area contributed by atoms with Crippen molar-refractivity contribution in [3.8, 4) is 5.06 Å². The topological polar surface area (TPSA) is 26.3 Å². The van der Waals surface area contributed by atoms with Gasteiger partial charge in [-0.2, -0.15) is 0 Å². The zero-order valence-corrected chi connectivity index (χ0v) is 5.77. The molecule has 0 atom stereocenters. The smallest absolute Gasteiger partial charge is 0.173 e. The van der Waals surface area contributed by atoms with E-state index in [1.54, 1.807) is 19.2 Å². The number of hydrogen-bond donors (Lipinski definition) is 0. The number of hydrogen-bond acceptors (Lipinski definition) is 3. The van der Waals surface area contributed by atoms with Crippen molar-refractivity contribution in [2.45, 2.75) is 0 Å². The molecule has 1 heterocycles. The van der Waals surface area contributed by atoms with Crippen LogP contribution in [0.1, 0.15) is 9.67 Å². The maximum absolute atomic E-state index is 10.1. The predicted molar refractivity (Wildman–Crippen MR) is 36.3 cm³/mol. The summed E-state index contributed by atoms with van der Waals surface area (Å²) in [6.45, 7) is 0. The van der Waals surface area contributed by atoms with Gasteiger partial charge in [-0.25, -0.2) is 0 Å². The standard InChI is InChI=1S/C6H6O2S/c1-8-6-3-2-5(4-7)9-6/h2-4H,1H3. The quantitative estimate of drug-likeness (QED) is 0.586. The molecule has 0 aliphatic heterocycles. The molecule has 0 aliphatic rings. The molecule has 1 rings (SSSR count). The number of ether oxygens (including phenoxy) is 1. The summed E-state index contributed by atoms with van der Waals surface area (Å²) in [4.78, 5) is 10.8. The van der Waals surface area contributed by atoms with Crippen LogP contribution in [0.25, 0.3) is 0 Å². The van der Waals surface area contributed by atoms with Crippen LogP contribution in [0, 0.1) is 0 Å². The van der Waals surface area contributed by atoms with Crippen molar-refractivity contribution in [2.24, 2.45) is 0 Å². The summed E-state index contributed by atoms with van der Waals surface area (Å²) >= 11 is 1.34. The van der Waals surface area contributed by atoms with Gasteiger partial charge in [0.25, 0.3) is 0 Å². The van der Waals surface area contributed by atoms with Crippen LogP contribution in [0.15, 0.2) is 12.1 Å². The summed E-state index contributed by atoms with van der Waals surface area (Å²) in [5.74, 6) is 0. The lowest BCUT2D eigenvalue weighted by Crippen LogP contribution is -1.73. The van der Waals surface area contributed by atoms with E-state index in [-0.39, 0.29) is 0 Å². The molecular weight excluding hydrogens is 136 g/mol. The molecule has 1 aromatic rings. The van der Waals surface area contributed by atoms with Crippen molar-refractivity contribution in [1.82, 2.24) is 0 Å². The molecule has 48 valence electrons. The lowest BCUT2D eigenvalue weighted by atomic mass is 10.5. The van der Waals surface area contributed by atoms with Crippen molar-refractivity contribution < 1.29 is 9.53 Å². The highest BCUT2D eigenvalue weighted by atomic mass is 32.1.